The zero-order chi connectivity index (χ0) is 28.5. The number of alkyl halides is 6. The molecule has 16 heteroatoms. The average Bonchev–Trinajstić information content (AvgIpc) is 2.84. The van der Waals surface area contributed by atoms with Crippen LogP contribution in [0.4, 0.5) is 43.5 Å². The van der Waals surface area contributed by atoms with E-state index in [0.29, 0.717) is 37.7 Å². The number of aromatic amines is 1. The normalized spacial score (nSPS) is 18.5. The molecule has 1 amide bonds. The third-order valence-electron chi connectivity index (χ3n) is 6.55. The van der Waals surface area contributed by atoms with Gasteiger partial charge in [0.25, 0.3) is 5.56 Å². The second-order valence-corrected chi connectivity index (χ2v) is 9.49. The Morgan fingerprint density at radius 3 is 2.62 bits per heavy atom. The van der Waals surface area contributed by atoms with Crippen molar-refractivity contribution < 1.29 is 35.9 Å². The number of aromatic nitrogens is 3. The summed E-state index contributed by atoms with van der Waals surface area (Å²) in [5, 5.41) is 7.72. The van der Waals surface area contributed by atoms with E-state index in [1.807, 2.05) is 4.90 Å². The molecular formula is C23H27F6N7O3. The van der Waals surface area contributed by atoms with Gasteiger partial charge in [-0.05, 0) is 13.0 Å². The number of rotatable bonds is 7. The largest absolute Gasteiger partial charge is 0.423 e. The maximum Gasteiger partial charge on any atom is 0.423 e. The molecule has 0 aromatic carbocycles. The Balaban J connectivity index is 1.27. The smallest absolute Gasteiger partial charge is 0.379 e. The van der Waals surface area contributed by atoms with Gasteiger partial charge in [0.2, 0.25) is 5.91 Å². The molecule has 4 rings (SSSR count). The predicted molar refractivity (Wildman–Crippen MR) is 129 cm³/mol. The van der Waals surface area contributed by atoms with E-state index in [1.165, 1.54) is 0 Å². The first-order chi connectivity index (χ1) is 18.3. The molecule has 2 aromatic rings. The Morgan fingerprint density at radius 1 is 1.18 bits per heavy atom. The van der Waals surface area contributed by atoms with Gasteiger partial charge >= 0.3 is 12.4 Å². The second kappa shape index (κ2) is 10.9. The lowest BCUT2D eigenvalue weighted by Crippen LogP contribution is -2.60. The van der Waals surface area contributed by atoms with Crippen LogP contribution in [0, 0.1) is 0 Å². The molecule has 2 atom stereocenters. The average molecular weight is 564 g/mol. The first-order valence-corrected chi connectivity index (χ1v) is 12.1. The number of nitrogens with one attached hydrogen (secondary N) is 2. The highest BCUT2D eigenvalue weighted by Crippen LogP contribution is 2.39. The number of amides is 1. The number of ether oxygens (including phenoxy) is 1. The van der Waals surface area contributed by atoms with Crippen molar-refractivity contribution >= 4 is 23.1 Å². The number of likely N-dealkylation sites (N-methyl/N-ethyl adjacent to an activating group) is 1. The molecule has 0 saturated carbocycles. The van der Waals surface area contributed by atoms with E-state index in [1.54, 1.807) is 28.9 Å². The molecule has 4 heterocycles. The molecular weight excluding hydrogens is 536 g/mol. The van der Waals surface area contributed by atoms with E-state index in [-0.39, 0.29) is 31.6 Å². The minimum atomic E-state index is -4.87. The predicted octanol–water partition coefficient (Wildman–Crippen LogP) is 2.58. The Hall–Kier alpha value is -3.56. The standard InChI is InChI=1S/C23H27F6N7O3/c1-13(32-16-9-31-33-21(38)19(16)23(27,28)29)12-39-6-3-18(37)35-4-5-36-15(11-35)10-34(2)17-7-14(22(24,25)26)8-30-20(17)36/h7-9,13,15H,3-6,10-12H2,1-2H3,(H2,32,33,38)/t13-,15-/m0/s1. The van der Waals surface area contributed by atoms with Gasteiger partial charge in [0, 0.05) is 45.5 Å². The van der Waals surface area contributed by atoms with Crippen LogP contribution in [0.25, 0.3) is 0 Å². The van der Waals surface area contributed by atoms with Crippen molar-refractivity contribution in [2.75, 3.05) is 61.6 Å². The van der Waals surface area contributed by atoms with Crippen LogP contribution in [0.2, 0.25) is 0 Å². The quantitative estimate of drug-likeness (QED) is 0.391. The molecule has 2 aliphatic rings. The van der Waals surface area contributed by atoms with Crippen molar-refractivity contribution in [2.45, 2.75) is 37.8 Å². The SMILES string of the molecule is C[C@@H](COCCC(=O)N1CCN2c3ncc(C(F)(F)F)cc3N(C)C[C@H]2C1)Nc1cn[nH]c(=O)c1C(F)(F)F. The number of hydrogen-bond acceptors (Lipinski definition) is 8. The molecule has 0 unspecified atom stereocenters. The lowest BCUT2D eigenvalue weighted by molar-refractivity contribution is -0.138. The summed E-state index contributed by atoms with van der Waals surface area (Å²) in [6.45, 7) is 3.10. The van der Waals surface area contributed by atoms with Crippen LogP contribution in [0.1, 0.15) is 24.5 Å². The molecule has 2 aliphatic heterocycles. The van der Waals surface area contributed by atoms with E-state index in [9.17, 15) is 35.9 Å². The monoisotopic (exact) mass is 563 g/mol. The molecule has 2 N–H and O–H groups in total. The fraction of sp³-hybridized carbons (Fsp3) is 0.565. The Bertz CT molecular complexity index is 1250. The van der Waals surface area contributed by atoms with Crippen molar-refractivity contribution in [3.8, 4) is 0 Å². The number of hydrogen-bond donors (Lipinski definition) is 2. The van der Waals surface area contributed by atoms with Crippen molar-refractivity contribution in [3.63, 3.8) is 0 Å². The third kappa shape index (κ3) is 6.37. The van der Waals surface area contributed by atoms with Crippen LogP contribution in [0.3, 0.4) is 0 Å². The zero-order valence-corrected chi connectivity index (χ0v) is 21.1. The summed E-state index contributed by atoms with van der Waals surface area (Å²) in [6.07, 6.45) is -7.64. The van der Waals surface area contributed by atoms with Gasteiger partial charge in [-0.15, -0.1) is 0 Å². The topological polar surface area (TPSA) is 107 Å². The lowest BCUT2D eigenvalue weighted by Gasteiger charge is -2.48. The molecule has 0 spiro atoms. The van der Waals surface area contributed by atoms with E-state index in [0.717, 1.165) is 18.5 Å². The van der Waals surface area contributed by atoms with Crippen molar-refractivity contribution in [3.05, 3.63) is 39.9 Å². The molecule has 214 valence electrons. The van der Waals surface area contributed by atoms with Gasteiger partial charge in [-0.2, -0.15) is 31.4 Å². The molecule has 1 saturated heterocycles. The Morgan fingerprint density at radius 2 is 1.92 bits per heavy atom. The molecule has 1 fully saturated rings. The van der Waals surface area contributed by atoms with E-state index >= 15 is 0 Å². The van der Waals surface area contributed by atoms with Crippen LogP contribution >= 0.6 is 0 Å². The van der Waals surface area contributed by atoms with Crippen molar-refractivity contribution in [1.29, 1.82) is 0 Å². The summed E-state index contributed by atoms with van der Waals surface area (Å²) in [4.78, 5) is 33.7. The van der Waals surface area contributed by atoms with Gasteiger partial charge in [-0.25, -0.2) is 10.1 Å². The van der Waals surface area contributed by atoms with Crippen molar-refractivity contribution in [1.82, 2.24) is 20.1 Å². The van der Waals surface area contributed by atoms with Crippen LogP contribution in [-0.4, -0.2) is 84.5 Å². The maximum absolute atomic E-state index is 13.2. The molecule has 39 heavy (non-hydrogen) atoms. The van der Waals surface area contributed by atoms with E-state index < -0.39 is 40.8 Å². The van der Waals surface area contributed by atoms with Crippen molar-refractivity contribution in [2.24, 2.45) is 0 Å². The number of fused-ring (bicyclic) bond motifs is 3. The number of anilines is 3. The minimum Gasteiger partial charge on any atom is -0.379 e. The van der Waals surface area contributed by atoms with Gasteiger partial charge in [0.05, 0.1) is 48.8 Å². The van der Waals surface area contributed by atoms with Crippen LogP contribution in [0.5, 0.6) is 0 Å². The summed E-state index contributed by atoms with van der Waals surface area (Å²) in [5.41, 5.74) is -3.65. The van der Waals surface area contributed by atoms with Gasteiger partial charge in [-0.1, -0.05) is 0 Å². The van der Waals surface area contributed by atoms with E-state index in [4.69, 9.17) is 4.74 Å². The number of carbonyl (C=O) groups is 1. The zero-order valence-electron chi connectivity index (χ0n) is 21.1. The third-order valence-corrected chi connectivity index (χ3v) is 6.55. The first-order valence-electron chi connectivity index (χ1n) is 12.1. The molecule has 0 bridgehead atoms. The molecule has 0 radical (unpaired) electrons. The number of nitrogens with zero attached hydrogens (tertiary/aromatic N) is 5. The molecule has 2 aromatic heterocycles. The summed E-state index contributed by atoms with van der Waals surface area (Å²) in [6, 6.07) is 0.316. The maximum atomic E-state index is 13.2. The Kier molecular flexibility index (Phi) is 7.95. The number of carbonyl (C=O) groups excluding carboxylic acids is 1. The Labute approximate surface area is 218 Å². The lowest BCUT2D eigenvalue weighted by atomic mass is 10.1. The van der Waals surface area contributed by atoms with E-state index in [2.05, 4.69) is 15.4 Å². The number of halogens is 6. The summed E-state index contributed by atoms with van der Waals surface area (Å²) >= 11 is 0. The number of H-pyrrole nitrogens is 1. The highest BCUT2D eigenvalue weighted by atomic mass is 19.4. The van der Waals surface area contributed by atoms with Gasteiger partial charge in [0.15, 0.2) is 5.82 Å². The highest BCUT2D eigenvalue weighted by molar-refractivity contribution is 5.77. The first kappa shape index (κ1) is 28.4. The van der Waals surface area contributed by atoms with Gasteiger partial charge in [0.1, 0.15) is 5.56 Å². The minimum absolute atomic E-state index is 0.0268. The fourth-order valence-electron chi connectivity index (χ4n) is 4.71. The molecule has 0 aliphatic carbocycles. The summed E-state index contributed by atoms with van der Waals surface area (Å²) in [7, 11) is 1.68. The number of piperazine rings is 1. The highest BCUT2D eigenvalue weighted by Gasteiger charge is 2.39. The van der Waals surface area contributed by atoms with Crippen LogP contribution in [0.15, 0.2) is 23.3 Å². The van der Waals surface area contributed by atoms with Gasteiger partial charge < -0.3 is 24.8 Å². The van der Waals surface area contributed by atoms with Gasteiger partial charge in [-0.3, -0.25) is 9.59 Å². The number of pyridine rings is 1. The molecule has 10 nitrogen and oxygen atoms in total. The fourth-order valence-corrected chi connectivity index (χ4v) is 4.71. The van der Waals surface area contributed by atoms with Crippen LogP contribution in [-0.2, 0) is 21.9 Å². The summed E-state index contributed by atoms with van der Waals surface area (Å²) in [5.74, 6) is 0.269. The summed E-state index contributed by atoms with van der Waals surface area (Å²) < 4.78 is 84.4. The van der Waals surface area contributed by atoms with Crippen LogP contribution < -0.4 is 20.7 Å². The second-order valence-electron chi connectivity index (χ2n) is 9.49.